The Balaban J connectivity index is 1.38. The van der Waals surface area contributed by atoms with Gasteiger partial charge in [-0.2, -0.15) is 0 Å². The number of carbonyl (C=O) groups is 1. The van der Waals surface area contributed by atoms with E-state index in [-0.39, 0.29) is 16.3 Å². The first-order chi connectivity index (χ1) is 18.4. The minimum absolute atomic E-state index is 0.00535. The molecule has 1 aromatic heterocycles. The number of benzene rings is 2. The SMILES string of the molecule is COc1ccc(C23CCC(NC(=S)Nc4ccsc4C(=O)O)CC2N(Cc2ccccc2)CC3)cc1OC. The van der Waals surface area contributed by atoms with E-state index in [1.807, 2.05) is 6.07 Å². The number of likely N-dealkylation sites (tertiary alicyclic amines) is 1. The second-order valence-corrected chi connectivity index (χ2v) is 11.3. The number of aromatic carboxylic acids is 1. The van der Waals surface area contributed by atoms with Gasteiger partial charge in [-0.25, -0.2) is 4.79 Å². The van der Waals surface area contributed by atoms with Crippen molar-refractivity contribution in [2.45, 2.75) is 49.7 Å². The van der Waals surface area contributed by atoms with Gasteiger partial charge in [0, 0.05) is 24.0 Å². The van der Waals surface area contributed by atoms with Crippen LogP contribution < -0.4 is 20.1 Å². The van der Waals surface area contributed by atoms with Gasteiger partial charge in [0.1, 0.15) is 4.88 Å². The number of rotatable bonds is 8. The number of thiocarbonyl (C=S) groups is 1. The van der Waals surface area contributed by atoms with Crippen LogP contribution in [0.3, 0.4) is 0 Å². The minimum Gasteiger partial charge on any atom is -0.493 e. The summed E-state index contributed by atoms with van der Waals surface area (Å²) in [6.07, 6.45) is 3.98. The van der Waals surface area contributed by atoms with Crippen LogP contribution in [0, 0.1) is 0 Å². The molecule has 2 aromatic carbocycles. The van der Waals surface area contributed by atoms with E-state index in [4.69, 9.17) is 21.7 Å². The maximum Gasteiger partial charge on any atom is 0.348 e. The molecule has 38 heavy (non-hydrogen) atoms. The molecule has 0 amide bonds. The lowest BCUT2D eigenvalue weighted by Crippen LogP contribution is -2.52. The molecule has 9 heteroatoms. The topological polar surface area (TPSA) is 83.1 Å². The number of carboxylic acids is 1. The molecule has 3 N–H and O–H groups in total. The van der Waals surface area contributed by atoms with Crippen molar-refractivity contribution in [2.75, 3.05) is 26.1 Å². The quantitative estimate of drug-likeness (QED) is 0.316. The molecule has 2 heterocycles. The van der Waals surface area contributed by atoms with Crippen molar-refractivity contribution in [3.05, 3.63) is 76.0 Å². The molecule has 0 radical (unpaired) electrons. The molecule has 0 spiro atoms. The van der Waals surface area contributed by atoms with Crippen molar-refractivity contribution in [3.8, 4) is 11.5 Å². The highest BCUT2D eigenvalue weighted by atomic mass is 32.1. The van der Waals surface area contributed by atoms with Crippen LogP contribution in [-0.4, -0.2) is 53.9 Å². The maximum atomic E-state index is 11.5. The molecule has 2 fully saturated rings. The van der Waals surface area contributed by atoms with Crippen LogP contribution in [0.2, 0.25) is 0 Å². The number of anilines is 1. The summed E-state index contributed by atoms with van der Waals surface area (Å²) >= 11 is 6.80. The monoisotopic (exact) mass is 551 g/mol. The van der Waals surface area contributed by atoms with E-state index in [1.54, 1.807) is 25.7 Å². The number of ether oxygens (including phenoxy) is 2. The number of carboxylic acid groups (broad SMARTS) is 1. The van der Waals surface area contributed by atoms with Gasteiger partial charge in [0.25, 0.3) is 0 Å². The fourth-order valence-electron chi connectivity index (χ4n) is 6.18. The minimum atomic E-state index is -0.954. The lowest BCUT2D eigenvalue weighted by atomic mass is 9.65. The number of methoxy groups -OCH3 is 2. The zero-order chi connectivity index (χ0) is 26.7. The lowest BCUT2D eigenvalue weighted by molar-refractivity contribution is 0.0703. The van der Waals surface area contributed by atoms with Gasteiger partial charge >= 0.3 is 5.97 Å². The van der Waals surface area contributed by atoms with Crippen LogP contribution in [0.5, 0.6) is 11.5 Å². The summed E-state index contributed by atoms with van der Waals surface area (Å²) in [5.74, 6) is 0.546. The number of thiophene rings is 1. The van der Waals surface area contributed by atoms with Gasteiger partial charge in [0.05, 0.1) is 19.9 Å². The molecule has 3 atom stereocenters. The molecule has 1 saturated heterocycles. The van der Waals surface area contributed by atoms with Crippen molar-refractivity contribution in [3.63, 3.8) is 0 Å². The third-order valence-corrected chi connectivity index (χ3v) is 9.12. The summed E-state index contributed by atoms with van der Waals surface area (Å²) < 4.78 is 11.2. The van der Waals surface area contributed by atoms with E-state index < -0.39 is 5.97 Å². The van der Waals surface area contributed by atoms with Gasteiger partial charge in [-0.3, -0.25) is 4.90 Å². The number of nitrogens with one attached hydrogen (secondary N) is 2. The number of hydrogen-bond donors (Lipinski definition) is 3. The van der Waals surface area contributed by atoms with Crippen molar-refractivity contribution in [1.82, 2.24) is 10.2 Å². The highest BCUT2D eigenvalue weighted by Crippen LogP contribution is 2.50. The van der Waals surface area contributed by atoms with Gasteiger partial charge in [-0.05, 0) is 79.2 Å². The van der Waals surface area contributed by atoms with E-state index in [1.165, 1.54) is 22.5 Å². The Bertz CT molecular complexity index is 1300. The van der Waals surface area contributed by atoms with Crippen molar-refractivity contribution in [2.24, 2.45) is 0 Å². The summed E-state index contributed by atoms with van der Waals surface area (Å²) in [5, 5.41) is 18.2. The van der Waals surface area contributed by atoms with E-state index in [9.17, 15) is 9.90 Å². The van der Waals surface area contributed by atoms with Crippen LogP contribution in [0.25, 0.3) is 0 Å². The Kier molecular flexibility index (Phi) is 7.88. The number of hydrogen-bond acceptors (Lipinski definition) is 6. The third kappa shape index (κ3) is 5.23. The maximum absolute atomic E-state index is 11.5. The fourth-order valence-corrected chi connectivity index (χ4v) is 7.15. The van der Waals surface area contributed by atoms with Crippen molar-refractivity contribution < 1.29 is 19.4 Å². The van der Waals surface area contributed by atoms with E-state index in [2.05, 4.69) is 58.0 Å². The molecule has 1 aliphatic heterocycles. The predicted molar refractivity (Wildman–Crippen MR) is 155 cm³/mol. The molecule has 3 aromatic rings. The molecule has 5 rings (SSSR count). The predicted octanol–water partition coefficient (Wildman–Crippen LogP) is 5.51. The summed E-state index contributed by atoms with van der Waals surface area (Å²) in [6.45, 7) is 1.91. The van der Waals surface area contributed by atoms with Crippen LogP contribution >= 0.6 is 23.6 Å². The second kappa shape index (κ2) is 11.3. The normalized spacial score (nSPS) is 22.9. The highest BCUT2D eigenvalue weighted by Gasteiger charge is 2.51. The zero-order valence-corrected chi connectivity index (χ0v) is 23.2. The number of nitrogens with zero attached hydrogens (tertiary/aromatic N) is 1. The first-order valence-corrected chi connectivity index (χ1v) is 14.1. The molecule has 0 bridgehead atoms. The first kappa shape index (κ1) is 26.5. The van der Waals surface area contributed by atoms with Gasteiger partial charge in [0.2, 0.25) is 0 Å². The Morgan fingerprint density at radius 2 is 1.92 bits per heavy atom. The van der Waals surface area contributed by atoms with Gasteiger partial charge in [-0.15, -0.1) is 11.3 Å². The molecule has 200 valence electrons. The zero-order valence-electron chi connectivity index (χ0n) is 21.6. The summed E-state index contributed by atoms with van der Waals surface area (Å²) in [7, 11) is 3.35. The Hall–Kier alpha value is -3.14. The van der Waals surface area contributed by atoms with E-state index >= 15 is 0 Å². The molecule has 2 aliphatic rings. The largest absolute Gasteiger partial charge is 0.493 e. The number of fused-ring (bicyclic) bond motifs is 1. The highest BCUT2D eigenvalue weighted by molar-refractivity contribution is 7.80. The molecule has 7 nitrogen and oxygen atoms in total. The smallest absolute Gasteiger partial charge is 0.348 e. The Morgan fingerprint density at radius 1 is 1.13 bits per heavy atom. The molecule has 3 unspecified atom stereocenters. The summed E-state index contributed by atoms with van der Waals surface area (Å²) in [4.78, 5) is 14.4. The Morgan fingerprint density at radius 3 is 2.66 bits per heavy atom. The van der Waals surface area contributed by atoms with Crippen molar-refractivity contribution >= 4 is 40.3 Å². The average Bonchev–Trinajstić information content (AvgIpc) is 3.54. The van der Waals surface area contributed by atoms with E-state index in [0.29, 0.717) is 16.8 Å². The summed E-state index contributed by atoms with van der Waals surface area (Å²) in [5.41, 5.74) is 3.13. The van der Waals surface area contributed by atoms with E-state index in [0.717, 1.165) is 50.3 Å². The van der Waals surface area contributed by atoms with Crippen LogP contribution in [-0.2, 0) is 12.0 Å². The van der Waals surface area contributed by atoms with Crippen LogP contribution in [0.4, 0.5) is 5.69 Å². The summed E-state index contributed by atoms with van der Waals surface area (Å²) in [6, 6.07) is 19.2. The fraction of sp³-hybridized carbons (Fsp3) is 0.379. The average molecular weight is 552 g/mol. The van der Waals surface area contributed by atoms with Gasteiger partial charge < -0.3 is 25.2 Å². The van der Waals surface area contributed by atoms with Gasteiger partial charge in [0.15, 0.2) is 16.6 Å². The standard InChI is InChI=1S/C29H33N3O4S2/c1-35-23-9-8-20(16-24(23)36-2)29-12-10-21(30-28(37)31-22-11-15-38-26(22)27(33)34)17-25(29)32(14-13-29)18-19-6-4-3-5-7-19/h3-9,11,15-16,21,25H,10,12-14,17-18H2,1-2H3,(H,33,34)(H2,30,31,37). The van der Waals surface area contributed by atoms with Crippen molar-refractivity contribution in [1.29, 1.82) is 0 Å². The second-order valence-electron chi connectivity index (χ2n) is 9.99. The molecular weight excluding hydrogens is 518 g/mol. The Labute approximate surface area is 232 Å². The molecule has 1 aliphatic carbocycles. The lowest BCUT2D eigenvalue weighted by Gasteiger charge is -2.46. The third-order valence-electron chi connectivity index (χ3n) is 8.00. The van der Waals surface area contributed by atoms with Crippen LogP contribution in [0.1, 0.15) is 46.5 Å². The van der Waals surface area contributed by atoms with Gasteiger partial charge in [-0.1, -0.05) is 36.4 Å². The molecule has 1 saturated carbocycles. The first-order valence-electron chi connectivity index (χ1n) is 12.8. The molecular formula is C29H33N3O4S2. The van der Waals surface area contributed by atoms with Crippen LogP contribution in [0.15, 0.2) is 60.0 Å².